The molecule has 32 nitrogen and oxygen atoms in total. The zero-order valence-electron chi connectivity index (χ0n) is 71.6. The number of ether oxygens (including phenoxy) is 8. The van der Waals surface area contributed by atoms with Gasteiger partial charge in [0.1, 0.15) is 46.0 Å². The van der Waals surface area contributed by atoms with Crippen LogP contribution >= 0.6 is 0 Å². The van der Waals surface area contributed by atoms with E-state index in [1.54, 1.807) is 79.7 Å². The first-order chi connectivity index (χ1) is 59.4. The average molecular weight is 1710 g/mol. The van der Waals surface area contributed by atoms with Crippen molar-refractivity contribution in [2.45, 2.75) is 127 Å². The van der Waals surface area contributed by atoms with Gasteiger partial charge in [-0.2, -0.15) is 0 Å². The van der Waals surface area contributed by atoms with Crippen LogP contribution in [0.5, 0.6) is 46.0 Å². The normalized spacial score (nSPS) is 15.9. The average Bonchev–Trinajstić information content (AvgIpc) is 0.732. The molecule has 8 bridgehead atoms. The highest BCUT2D eigenvalue weighted by atomic mass is 16.5. The third-order valence-corrected chi connectivity index (χ3v) is 19.4. The van der Waals surface area contributed by atoms with Gasteiger partial charge in [-0.3, -0.25) is 38.4 Å². The Balaban J connectivity index is 1.62. The summed E-state index contributed by atoms with van der Waals surface area (Å²) < 4.78 is 55.7. The molecule has 0 spiro atoms. The van der Waals surface area contributed by atoms with Crippen LogP contribution in [0.1, 0.15) is 146 Å². The van der Waals surface area contributed by atoms with Gasteiger partial charge in [0.15, 0.2) is 52.9 Å². The van der Waals surface area contributed by atoms with Gasteiger partial charge in [0.05, 0.1) is 0 Å². The van der Waals surface area contributed by atoms with E-state index in [9.17, 15) is 38.4 Å². The third-order valence-electron chi connectivity index (χ3n) is 19.4. The molecule has 32 heteroatoms. The smallest absolute Gasteiger partial charge is 0.257 e. The van der Waals surface area contributed by atoms with Crippen molar-refractivity contribution in [3.63, 3.8) is 0 Å². The molecule has 0 fully saturated rings. The van der Waals surface area contributed by atoms with E-state index in [-0.39, 0.29) is 143 Å². The van der Waals surface area contributed by atoms with Gasteiger partial charge in [0.25, 0.3) is 47.3 Å². The minimum Gasteiger partial charge on any atom is -0.483 e. The fourth-order valence-electron chi connectivity index (χ4n) is 13.6. The Morgan fingerprint density at radius 3 is 0.452 bits per heavy atom. The fourth-order valence-corrected chi connectivity index (χ4v) is 13.6. The second-order valence-corrected chi connectivity index (χ2v) is 31.6. The van der Waals surface area contributed by atoms with Gasteiger partial charge in [-0.15, -0.1) is 0 Å². The summed E-state index contributed by atoms with van der Waals surface area (Å²) in [6.45, 7) is 9.20. The van der Waals surface area contributed by atoms with Crippen LogP contribution in [0.25, 0.3) is 0 Å². The quantitative estimate of drug-likeness (QED) is 0.0260. The lowest BCUT2D eigenvalue weighted by molar-refractivity contribution is -0.124. The lowest BCUT2D eigenvalue weighted by Gasteiger charge is -2.32. The maximum absolute atomic E-state index is 14.4. The zero-order valence-corrected chi connectivity index (χ0v) is 71.6. The van der Waals surface area contributed by atoms with Crippen LogP contribution in [-0.4, -0.2) is 201 Å². The molecular formula is C92H120N16O16. The number of hydrogen-bond acceptors (Lipinski definition) is 24. The summed E-state index contributed by atoms with van der Waals surface area (Å²) in [5, 5.41) is 22.9. The van der Waals surface area contributed by atoms with E-state index in [4.69, 9.17) is 83.8 Å². The van der Waals surface area contributed by atoms with E-state index in [2.05, 4.69) is 42.5 Å². The van der Waals surface area contributed by atoms with E-state index in [0.29, 0.717) is 22.3 Å². The first-order valence-electron chi connectivity index (χ1n) is 41.5. The minimum atomic E-state index is -1.20. The molecule has 0 saturated carbocycles. The summed E-state index contributed by atoms with van der Waals surface area (Å²) in [4.78, 5) is 115. The molecule has 0 saturated heterocycles. The van der Waals surface area contributed by atoms with Crippen LogP contribution in [0.4, 0.5) is 0 Å². The maximum Gasteiger partial charge on any atom is 0.257 e. The summed E-state index contributed by atoms with van der Waals surface area (Å²) in [5.74, 6) is -9.42. The van der Waals surface area contributed by atoms with Crippen molar-refractivity contribution >= 4 is 47.3 Å². The Hall–Kier alpha value is -12.4. The number of hydrogen-bond donors (Lipinski definition) is 16. The monoisotopic (exact) mass is 1700 g/mol. The molecule has 8 atom stereocenters. The number of rotatable bonds is 44. The number of nitrogens with two attached hydrogens (primary N) is 8. The van der Waals surface area contributed by atoms with Crippen LogP contribution in [-0.2, 0) is 38.4 Å². The maximum atomic E-state index is 14.4. The molecule has 0 aromatic heterocycles. The van der Waals surface area contributed by atoms with Gasteiger partial charge in [-0.25, -0.2) is 0 Å². The highest BCUT2D eigenvalue weighted by Gasteiger charge is 2.39. The zero-order chi connectivity index (χ0) is 89.5. The molecule has 1 aliphatic carbocycles. The van der Waals surface area contributed by atoms with Gasteiger partial charge < -0.3 is 126 Å². The summed E-state index contributed by atoms with van der Waals surface area (Å²) >= 11 is 0. The molecule has 9 rings (SSSR count). The van der Waals surface area contributed by atoms with Crippen molar-refractivity contribution in [1.29, 1.82) is 0 Å². The second-order valence-electron chi connectivity index (χ2n) is 31.6. The van der Waals surface area contributed by atoms with Crippen LogP contribution in [0, 0.1) is 0 Å². The summed E-state index contributed by atoms with van der Waals surface area (Å²) in [5.41, 5.74) is 54.3. The molecule has 0 aliphatic heterocycles. The summed E-state index contributed by atoms with van der Waals surface area (Å²) in [6, 6.07) is 46.5. The van der Waals surface area contributed by atoms with Crippen LogP contribution in [0.3, 0.4) is 0 Å². The third kappa shape index (κ3) is 28.9. The molecule has 8 aromatic rings. The van der Waals surface area contributed by atoms with Gasteiger partial charge >= 0.3 is 0 Å². The predicted octanol–water partition coefficient (Wildman–Crippen LogP) is 3.46. The minimum absolute atomic E-state index is 0.00277. The van der Waals surface area contributed by atoms with Crippen molar-refractivity contribution < 1.29 is 76.3 Å². The van der Waals surface area contributed by atoms with Gasteiger partial charge in [-0.05, 0) is 102 Å². The summed E-state index contributed by atoms with van der Waals surface area (Å²) in [6.07, 6.45) is 0. The lowest BCUT2D eigenvalue weighted by Crippen LogP contribution is -2.38. The fraction of sp³-hybridized carbons (Fsp3) is 0.391. The van der Waals surface area contributed by atoms with E-state index < -0.39 is 172 Å². The number of benzene rings is 8. The molecule has 24 N–H and O–H groups in total. The van der Waals surface area contributed by atoms with Gasteiger partial charge in [0, 0.05) is 193 Å². The van der Waals surface area contributed by atoms with Crippen LogP contribution in [0.2, 0.25) is 0 Å². The topological polar surface area (TPSA) is 515 Å². The molecule has 0 heterocycles. The molecule has 8 aromatic carbocycles. The van der Waals surface area contributed by atoms with Crippen molar-refractivity contribution in [2.24, 2.45) is 45.9 Å². The summed E-state index contributed by atoms with van der Waals surface area (Å²) in [7, 11) is 0. The Morgan fingerprint density at radius 1 is 0.218 bits per heavy atom. The van der Waals surface area contributed by atoms with E-state index >= 15 is 0 Å². The molecule has 8 amide bonds. The molecular weight excluding hydrogens is 1590 g/mol. The highest BCUT2D eigenvalue weighted by molar-refractivity contribution is 5.82. The number of carbonyl (C=O) groups is 8. The number of fused-ring (bicyclic) bond motifs is 8. The predicted molar refractivity (Wildman–Crippen MR) is 473 cm³/mol. The standard InChI is InChI=1S/C92H120N16O16/c1-53(93)37-101-81(109)45-117-73-33-74(118-46-82(110)102-38-54(2)94)66-29-65(73)89(61-21-13-9-14-22-61)67-30-68(76(120-48-84(112)104-40-56(4)96)34-75(67)119-47-83(111)103-39-55(3)95)91(63-25-17-11-18-26-63)71-32-72(80(124-52-88(116)108-44-60(8)100)36-79(71)123-51-87(115)107-43-59(7)99)92(64-27-19-12-20-28-64)70-31-69(90(66)62-23-15-10-16-24-62)77(121-49-85(113)105-41-57(5)97)35-78(70)122-50-86(114)106-42-58(6)98/h9-36,53-60,89-92H,37-52,93-100H2,1-8H3,(H,101,109)(H,102,110)(H,103,111)(H,104,112)(H,105,113)(H,106,114)(H,107,115)(H,108,116). The SMILES string of the molecule is CC(N)CNC(=O)COc1cc(OCC(=O)NCC(C)N)c2cc1C(c1ccccc1)c1cc(c(OCC(=O)NCC(C)N)cc1OCC(=O)NCC(C)N)C(c1ccccc1)c1cc(c(OCC(=O)NCC(C)N)cc1OCC(=O)NCC(C)N)C(c1ccccc1)c1cc(c(OCC(=O)NCC(C)N)cc1OCC(=O)NCC(C)N)C2c1ccccc1. The number of carbonyl (C=O) groups excluding carboxylic acids is 8. The first-order valence-corrected chi connectivity index (χ1v) is 41.5. The Bertz CT molecular complexity index is 4060. The van der Waals surface area contributed by atoms with Crippen LogP contribution < -0.4 is 126 Å². The Labute approximate surface area is 723 Å². The van der Waals surface area contributed by atoms with Crippen molar-refractivity contribution in [3.8, 4) is 46.0 Å². The molecule has 664 valence electrons. The first kappa shape index (κ1) is 95.4. The van der Waals surface area contributed by atoms with Crippen molar-refractivity contribution in [2.75, 3.05) is 105 Å². The molecule has 8 unspecified atom stereocenters. The van der Waals surface area contributed by atoms with E-state index in [0.717, 1.165) is 0 Å². The van der Waals surface area contributed by atoms with Crippen LogP contribution in [0.15, 0.2) is 170 Å². The molecule has 0 radical (unpaired) electrons. The van der Waals surface area contributed by atoms with Gasteiger partial charge in [-0.1, -0.05) is 121 Å². The van der Waals surface area contributed by atoms with E-state index in [1.165, 1.54) is 0 Å². The van der Waals surface area contributed by atoms with Crippen molar-refractivity contribution in [1.82, 2.24) is 42.5 Å². The Kier molecular flexibility index (Phi) is 36.4. The van der Waals surface area contributed by atoms with E-state index in [1.807, 2.05) is 146 Å². The molecule has 124 heavy (non-hydrogen) atoms. The van der Waals surface area contributed by atoms with Gasteiger partial charge in [0.2, 0.25) is 0 Å². The highest BCUT2D eigenvalue weighted by Crippen LogP contribution is 2.55. The Morgan fingerprint density at radius 2 is 0.339 bits per heavy atom. The number of amides is 8. The second kappa shape index (κ2) is 47.3. The van der Waals surface area contributed by atoms with Crippen molar-refractivity contribution in [3.05, 3.63) is 237 Å². The number of nitrogens with one attached hydrogen (secondary N) is 8. The molecule has 1 aliphatic rings. The largest absolute Gasteiger partial charge is 0.483 e. The lowest BCUT2D eigenvalue weighted by atomic mass is 9.75.